The highest BCUT2D eigenvalue weighted by Crippen LogP contribution is 2.32. The van der Waals surface area contributed by atoms with Gasteiger partial charge in [0, 0.05) is 10.8 Å². The molecule has 1 atom stereocenters. The number of halogens is 1. The molecular weight excluding hydrogens is 468 g/mol. The zero-order valence-corrected chi connectivity index (χ0v) is 19.8. The second-order valence-corrected chi connectivity index (χ2v) is 9.24. The Labute approximate surface area is 198 Å². The molecule has 0 spiro atoms. The Bertz CT molecular complexity index is 1260. The number of thiazole rings is 1. The summed E-state index contributed by atoms with van der Waals surface area (Å²) in [7, 11) is 1.61. The number of carbonyl (C=O) groups is 1. The van der Waals surface area contributed by atoms with Crippen LogP contribution in [0.15, 0.2) is 47.6 Å². The minimum Gasteiger partial charge on any atom is -0.497 e. The number of amides is 1. The molecule has 0 saturated carbocycles. The van der Waals surface area contributed by atoms with Crippen molar-refractivity contribution in [2.24, 2.45) is 0 Å². The van der Waals surface area contributed by atoms with Crippen molar-refractivity contribution in [3.05, 3.63) is 53.1 Å². The van der Waals surface area contributed by atoms with E-state index in [0.29, 0.717) is 27.5 Å². The Morgan fingerprint density at radius 3 is 2.88 bits per heavy atom. The van der Waals surface area contributed by atoms with Gasteiger partial charge in [0.05, 0.1) is 17.3 Å². The van der Waals surface area contributed by atoms with Crippen molar-refractivity contribution in [3.63, 3.8) is 0 Å². The third kappa shape index (κ3) is 4.67. The van der Waals surface area contributed by atoms with E-state index in [0.717, 1.165) is 21.5 Å². The third-order valence-electron chi connectivity index (χ3n) is 4.83. The molecule has 0 fully saturated rings. The largest absolute Gasteiger partial charge is 0.497 e. The van der Waals surface area contributed by atoms with Crippen LogP contribution in [0.1, 0.15) is 24.9 Å². The number of fused-ring (bicyclic) bond motifs is 1. The van der Waals surface area contributed by atoms with Crippen LogP contribution in [0.5, 0.6) is 5.75 Å². The average Bonchev–Trinajstić information content (AvgIpc) is 3.36. The lowest BCUT2D eigenvalue weighted by atomic mass is 10.2. The number of nitrogen functional groups attached to an aromatic ring is 1. The minimum absolute atomic E-state index is 0.183. The van der Waals surface area contributed by atoms with Crippen LogP contribution in [-0.4, -0.2) is 32.8 Å². The molecule has 32 heavy (non-hydrogen) atoms. The predicted octanol–water partition coefficient (Wildman–Crippen LogP) is 5.01. The van der Waals surface area contributed by atoms with Gasteiger partial charge in [0.1, 0.15) is 11.8 Å². The van der Waals surface area contributed by atoms with Crippen LogP contribution in [0.25, 0.3) is 10.2 Å². The van der Waals surface area contributed by atoms with E-state index in [1.807, 2.05) is 49.4 Å². The molecule has 11 heteroatoms. The molecule has 4 rings (SSSR count). The first-order valence-corrected chi connectivity index (χ1v) is 12.0. The van der Waals surface area contributed by atoms with Crippen molar-refractivity contribution >= 4 is 61.9 Å². The molecule has 1 unspecified atom stereocenters. The maximum Gasteiger partial charge on any atom is 0.249 e. The summed E-state index contributed by atoms with van der Waals surface area (Å²) >= 11 is 9.07. The van der Waals surface area contributed by atoms with Gasteiger partial charge in [-0.05, 0) is 36.2 Å². The van der Waals surface area contributed by atoms with E-state index in [2.05, 4.69) is 20.5 Å². The normalized spacial score (nSPS) is 12.1. The third-order valence-corrected chi connectivity index (χ3v) is 7.13. The summed E-state index contributed by atoms with van der Waals surface area (Å²) in [5.74, 6) is 1.27. The van der Waals surface area contributed by atoms with Crippen LogP contribution in [0.2, 0.25) is 5.02 Å². The minimum atomic E-state index is -0.583. The van der Waals surface area contributed by atoms with Gasteiger partial charge >= 0.3 is 0 Å². The molecule has 4 aromatic rings. The Balaban J connectivity index is 1.53. The maximum atomic E-state index is 13.1. The number of aromatic nitrogens is 4. The summed E-state index contributed by atoms with van der Waals surface area (Å²) in [6.45, 7) is 1.91. The van der Waals surface area contributed by atoms with E-state index in [1.165, 1.54) is 23.1 Å². The van der Waals surface area contributed by atoms with Crippen molar-refractivity contribution in [3.8, 4) is 5.75 Å². The fourth-order valence-corrected chi connectivity index (χ4v) is 5.37. The summed E-state index contributed by atoms with van der Waals surface area (Å²) in [5, 5.41) is 12.8. The highest BCUT2D eigenvalue weighted by atomic mass is 35.5. The van der Waals surface area contributed by atoms with Crippen LogP contribution in [-0.2, 0) is 10.5 Å². The molecule has 0 radical (unpaired) electrons. The number of ether oxygens (including phenoxy) is 1. The van der Waals surface area contributed by atoms with Crippen LogP contribution in [0, 0.1) is 0 Å². The second-order valence-electron chi connectivity index (χ2n) is 6.86. The summed E-state index contributed by atoms with van der Waals surface area (Å²) in [4.78, 5) is 17.6. The second kappa shape index (κ2) is 9.76. The zero-order valence-electron chi connectivity index (χ0n) is 17.4. The Hall–Kier alpha value is -2.82. The molecule has 0 aliphatic carbocycles. The predicted molar refractivity (Wildman–Crippen MR) is 130 cm³/mol. The van der Waals surface area contributed by atoms with Gasteiger partial charge in [-0.3, -0.25) is 9.36 Å². The zero-order chi connectivity index (χ0) is 22.7. The van der Waals surface area contributed by atoms with Gasteiger partial charge in [-0.25, -0.2) is 4.98 Å². The van der Waals surface area contributed by atoms with Crippen LogP contribution < -0.4 is 15.8 Å². The number of nitrogens with one attached hydrogen (secondary N) is 1. The molecule has 3 N–H and O–H groups in total. The van der Waals surface area contributed by atoms with Crippen LogP contribution in [0.3, 0.4) is 0 Å². The number of carbonyl (C=O) groups excluding carboxylic acids is 1. The molecule has 166 valence electrons. The number of nitrogens with two attached hydrogens (primary N) is 1. The number of nitrogens with zero attached hydrogens (tertiary/aromatic N) is 4. The number of benzene rings is 2. The van der Waals surface area contributed by atoms with Gasteiger partial charge in [0.2, 0.25) is 11.9 Å². The number of hydrogen-bond donors (Lipinski definition) is 2. The first kappa shape index (κ1) is 22.4. The topological polar surface area (TPSA) is 108 Å². The van der Waals surface area contributed by atoms with Crippen LogP contribution >= 0.6 is 34.7 Å². The molecule has 0 bridgehead atoms. The van der Waals surface area contributed by atoms with Gasteiger partial charge in [-0.15, -0.1) is 10.2 Å². The number of thioether (sulfide) groups is 1. The van der Waals surface area contributed by atoms with E-state index in [1.54, 1.807) is 11.7 Å². The monoisotopic (exact) mass is 488 g/mol. The lowest BCUT2D eigenvalue weighted by molar-refractivity contribution is -0.119. The van der Waals surface area contributed by atoms with E-state index in [4.69, 9.17) is 22.1 Å². The Morgan fingerprint density at radius 1 is 1.31 bits per heavy atom. The van der Waals surface area contributed by atoms with Gasteiger partial charge in [-0.1, -0.05) is 59.8 Å². The number of rotatable bonds is 8. The lowest BCUT2D eigenvalue weighted by Crippen LogP contribution is -2.27. The molecule has 2 heterocycles. The SMILES string of the molecule is CCC(C(=O)Nc1nc2ccc(OC)cc2s1)n1c(N)nnc1SCc1ccccc1Cl. The Kier molecular flexibility index (Phi) is 6.83. The van der Waals surface area contributed by atoms with Crippen molar-refractivity contribution in [1.82, 2.24) is 19.7 Å². The van der Waals surface area contributed by atoms with Crippen molar-refractivity contribution in [2.45, 2.75) is 30.3 Å². The highest BCUT2D eigenvalue weighted by Gasteiger charge is 2.26. The molecule has 0 saturated heterocycles. The smallest absolute Gasteiger partial charge is 0.249 e. The van der Waals surface area contributed by atoms with Crippen molar-refractivity contribution < 1.29 is 9.53 Å². The highest BCUT2D eigenvalue weighted by molar-refractivity contribution is 7.98. The summed E-state index contributed by atoms with van der Waals surface area (Å²) < 4.78 is 7.84. The molecular formula is C21H21ClN6O2S2. The van der Waals surface area contributed by atoms with E-state index < -0.39 is 6.04 Å². The molecule has 0 aliphatic rings. The quantitative estimate of drug-likeness (QED) is 0.335. The van der Waals surface area contributed by atoms with Gasteiger partial charge in [0.15, 0.2) is 10.3 Å². The number of anilines is 2. The fraction of sp³-hybridized carbons (Fsp3) is 0.238. The number of methoxy groups -OCH3 is 1. The first-order valence-electron chi connectivity index (χ1n) is 9.82. The molecule has 2 aromatic carbocycles. The molecule has 0 aliphatic heterocycles. The maximum absolute atomic E-state index is 13.1. The summed E-state index contributed by atoms with van der Waals surface area (Å²) in [5.41, 5.74) is 7.84. The van der Waals surface area contributed by atoms with Gasteiger partial charge < -0.3 is 15.8 Å². The van der Waals surface area contributed by atoms with Crippen LogP contribution in [0.4, 0.5) is 11.1 Å². The van der Waals surface area contributed by atoms with Crippen molar-refractivity contribution in [1.29, 1.82) is 0 Å². The Morgan fingerprint density at radius 2 is 2.12 bits per heavy atom. The van der Waals surface area contributed by atoms with E-state index in [-0.39, 0.29) is 11.9 Å². The fourth-order valence-electron chi connectivity index (χ4n) is 3.20. The molecule has 1 amide bonds. The standard InChI is InChI=1S/C21H21ClN6O2S2/c1-3-16(18(29)25-20-24-15-9-8-13(30-2)10-17(15)32-20)28-19(23)26-27-21(28)31-11-12-6-4-5-7-14(12)22/h4-10,16H,3,11H2,1-2H3,(H2,23,26)(H,24,25,29). The van der Waals surface area contributed by atoms with E-state index in [9.17, 15) is 4.79 Å². The summed E-state index contributed by atoms with van der Waals surface area (Å²) in [6.07, 6.45) is 0.506. The first-order chi connectivity index (χ1) is 15.5. The van der Waals surface area contributed by atoms with Gasteiger partial charge in [0.25, 0.3) is 0 Å². The molecule has 2 aromatic heterocycles. The lowest BCUT2D eigenvalue weighted by Gasteiger charge is -2.18. The van der Waals surface area contributed by atoms with E-state index >= 15 is 0 Å². The average molecular weight is 489 g/mol. The van der Waals surface area contributed by atoms with Crippen molar-refractivity contribution in [2.75, 3.05) is 18.2 Å². The van der Waals surface area contributed by atoms with Gasteiger partial charge in [-0.2, -0.15) is 0 Å². The number of hydrogen-bond acceptors (Lipinski definition) is 8. The summed E-state index contributed by atoms with van der Waals surface area (Å²) in [6, 6.07) is 12.6. The molecule has 8 nitrogen and oxygen atoms in total.